The highest BCUT2D eigenvalue weighted by atomic mass is 16.2. The molecule has 3 nitrogen and oxygen atoms in total. The van der Waals surface area contributed by atoms with Crippen molar-refractivity contribution in [3.05, 3.63) is 0 Å². The van der Waals surface area contributed by atoms with E-state index in [0.29, 0.717) is 11.3 Å². The molecule has 2 aliphatic carbocycles. The van der Waals surface area contributed by atoms with Gasteiger partial charge in [0.1, 0.15) is 0 Å². The van der Waals surface area contributed by atoms with E-state index in [1.807, 2.05) is 6.92 Å². The molecular weight excluding hydrogens is 212 g/mol. The Morgan fingerprint density at radius 2 is 1.94 bits per heavy atom. The van der Waals surface area contributed by atoms with Gasteiger partial charge in [-0.2, -0.15) is 0 Å². The molecular formula is C14H26N2O. The van der Waals surface area contributed by atoms with Crippen LogP contribution < -0.4 is 10.6 Å². The number of rotatable bonds is 7. The molecule has 2 aliphatic rings. The van der Waals surface area contributed by atoms with E-state index >= 15 is 0 Å². The van der Waals surface area contributed by atoms with Gasteiger partial charge >= 0.3 is 0 Å². The number of carbonyl (C=O) groups is 1. The van der Waals surface area contributed by atoms with Crippen molar-refractivity contribution in [2.24, 2.45) is 17.3 Å². The molecule has 0 radical (unpaired) electrons. The summed E-state index contributed by atoms with van der Waals surface area (Å²) in [5, 5.41) is 6.40. The molecule has 0 aromatic carbocycles. The van der Waals surface area contributed by atoms with E-state index in [4.69, 9.17) is 0 Å². The molecule has 2 saturated carbocycles. The summed E-state index contributed by atoms with van der Waals surface area (Å²) in [6.07, 6.45) is 5.56. The average molecular weight is 238 g/mol. The maximum atomic E-state index is 11.8. The second kappa shape index (κ2) is 4.97. The van der Waals surface area contributed by atoms with Gasteiger partial charge in [0, 0.05) is 13.1 Å². The Bertz CT molecular complexity index is 280. The van der Waals surface area contributed by atoms with Gasteiger partial charge in [-0.05, 0) is 49.9 Å². The molecule has 98 valence electrons. The van der Waals surface area contributed by atoms with Crippen molar-refractivity contribution >= 4 is 5.91 Å². The third-order valence-electron chi connectivity index (χ3n) is 4.17. The van der Waals surface area contributed by atoms with E-state index in [1.165, 1.54) is 25.7 Å². The topological polar surface area (TPSA) is 41.1 Å². The molecule has 0 aromatic heterocycles. The van der Waals surface area contributed by atoms with E-state index < -0.39 is 0 Å². The summed E-state index contributed by atoms with van der Waals surface area (Å²) in [6.45, 7) is 8.01. The lowest BCUT2D eigenvalue weighted by Gasteiger charge is -2.20. The minimum atomic E-state index is -0.0509. The summed E-state index contributed by atoms with van der Waals surface area (Å²) in [5.41, 5.74) is 0.576. The molecule has 3 heteroatoms. The van der Waals surface area contributed by atoms with Crippen LogP contribution in [0.3, 0.4) is 0 Å². The molecule has 0 aromatic rings. The van der Waals surface area contributed by atoms with Crippen LogP contribution in [0.25, 0.3) is 0 Å². The highest BCUT2D eigenvalue weighted by Crippen LogP contribution is 2.60. The highest BCUT2D eigenvalue weighted by molar-refractivity contribution is 5.81. The SMILES string of the molecule is CC(C)CNC(=O)C(C)NCC1(C2CC2)CC1. The maximum absolute atomic E-state index is 11.8. The second-order valence-corrected chi connectivity index (χ2v) is 6.38. The van der Waals surface area contributed by atoms with Crippen molar-refractivity contribution in [2.45, 2.75) is 52.5 Å². The van der Waals surface area contributed by atoms with E-state index in [9.17, 15) is 4.79 Å². The summed E-state index contributed by atoms with van der Waals surface area (Å²) in [4.78, 5) is 11.8. The van der Waals surface area contributed by atoms with E-state index in [1.54, 1.807) is 0 Å². The zero-order valence-corrected chi connectivity index (χ0v) is 11.4. The third kappa shape index (κ3) is 3.44. The summed E-state index contributed by atoms with van der Waals surface area (Å²) in [5.74, 6) is 1.62. The van der Waals surface area contributed by atoms with Gasteiger partial charge in [0.15, 0.2) is 0 Å². The standard InChI is InChI=1S/C14H26N2O/c1-10(2)8-15-13(17)11(3)16-9-14(6-7-14)12-4-5-12/h10-12,16H,4-9H2,1-3H3,(H,15,17). The Balaban J connectivity index is 1.66. The van der Waals surface area contributed by atoms with Gasteiger partial charge in [0.25, 0.3) is 0 Å². The number of hydrogen-bond donors (Lipinski definition) is 2. The molecule has 2 fully saturated rings. The number of amides is 1. The molecule has 0 bridgehead atoms. The Morgan fingerprint density at radius 3 is 2.41 bits per heavy atom. The van der Waals surface area contributed by atoms with Gasteiger partial charge in [-0.1, -0.05) is 13.8 Å². The van der Waals surface area contributed by atoms with Gasteiger partial charge < -0.3 is 10.6 Å². The Kier molecular flexibility index (Phi) is 3.76. The van der Waals surface area contributed by atoms with Crippen molar-refractivity contribution in [2.75, 3.05) is 13.1 Å². The third-order valence-corrected chi connectivity index (χ3v) is 4.17. The smallest absolute Gasteiger partial charge is 0.236 e. The minimum Gasteiger partial charge on any atom is -0.354 e. The van der Waals surface area contributed by atoms with Crippen LogP contribution in [0.1, 0.15) is 46.5 Å². The lowest BCUT2D eigenvalue weighted by Crippen LogP contribution is -2.45. The molecule has 2 N–H and O–H groups in total. The molecule has 2 rings (SSSR count). The Morgan fingerprint density at radius 1 is 1.29 bits per heavy atom. The quantitative estimate of drug-likeness (QED) is 0.711. The number of carbonyl (C=O) groups excluding carboxylic acids is 1. The van der Waals surface area contributed by atoms with Gasteiger partial charge in [0.2, 0.25) is 5.91 Å². The summed E-state index contributed by atoms with van der Waals surface area (Å²) < 4.78 is 0. The molecule has 0 saturated heterocycles. The first-order valence-electron chi connectivity index (χ1n) is 7.04. The van der Waals surface area contributed by atoms with Crippen LogP contribution in [0.5, 0.6) is 0 Å². The van der Waals surface area contributed by atoms with Crippen LogP contribution >= 0.6 is 0 Å². The van der Waals surface area contributed by atoms with E-state index in [2.05, 4.69) is 24.5 Å². The predicted octanol–water partition coefficient (Wildman–Crippen LogP) is 1.93. The highest BCUT2D eigenvalue weighted by Gasteiger charge is 2.53. The lowest BCUT2D eigenvalue weighted by atomic mass is 10.0. The summed E-state index contributed by atoms with van der Waals surface area (Å²) in [7, 11) is 0. The molecule has 0 spiro atoms. The molecule has 0 aliphatic heterocycles. The average Bonchev–Trinajstić information content (AvgIpc) is 3.14. The van der Waals surface area contributed by atoms with Crippen LogP contribution in [0, 0.1) is 17.3 Å². The molecule has 1 amide bonds. The van der Waals surface area contributed by atoms with Gasteiger partial charge in [-0.3, -0.25) is 4.79 Å². The van der Waals surface area contributed by atoms with Gasteiger partial charge in [-0.15, -0.1) is 0 Å². The van der Waals surface area contributed by atoms with Crippen molar-refractivity contribution in [3.63, 3.8) is 0 Å². The maximum Gasteiger partial charge on any atom is 0.236 e. The Labute approximate surface area is 105 Å². The van der Waals surface area contributed by atoms with Crippen molar-refractivity contribution < 1.29 is 4.79 Å². The Hall–Kier alpha value is -0.570. The van der Waals surface area contributed by atoms with Crippen molar-refractivity contribution in [3.8, 4) is 0 Å². The largest absolute Gasteiger partial charge is 0.354 e. The van der Waals surface area contributed by atoms with Crippen molar-refractivity contribution in [1.29, 1.82) is 0 Å². The molecule has 0 heterocycles. The first-order valence-corrected chi connectivity index (χ1v) is 7.04. The van der Waals surface area contributed by atoms with Crippen LogP contribution in [-0.2, 0) is 4.79 Å². The van der Waals surface area contributed by atoms with Gasteiger partial charge in [0.05, 0.1) is 6.04 Å². The van der Waals surface area contributed by atoms with Gasteiger partial charge in [-0.25, -0.2) is 0 Å². The van der Waals surface area contributed by atoms with Crippen LogP contribution in [0.2, 0.25) is 0 Å². The van der Waals surface area contributed by atoms with E-state index in [-0.39, 0.29) is 11.9 Å². The summed E-state index contributed by atoms with van der Waals surface area (Å²) >= 11 is 0. The van der Waals surface area contributed by atoms with Crippen LogP contribution in [0.4, 0.5) is 0 Å². The zero-order valence-electron chi connectivity index (χ0n) is 11.4. The van der Waals surface area contributed by atoms with Crippen molar-refractivity contribution in [1.82, 2.24) is 10.6 Å². The fourth-order valence-electron chi connectivity index (χ4n) is 2.49. The fourth-order valence-corrected chi connectivity index (χ4v) is 2.49. The normalized spacial score (nSPS) is 23.5. The first-order chi connectivity index (χ1) is 8.03. The summed E-state index contributed by atoms with van der Waals surface area (Å²) in [6, 6.07) is -0.0509. The number of nitrogens with one attached hydrogen (secondary N) is 2. The van der Waals surface area contributed by atoms with Crippen LogP contribution in [0.15, 0.2) is 0 Å². The first kappa shape index (κ1) is 12.9. The molecule has 1 unspecified atom stereocenters. The second-order valence-electron chi connectivity index (χ2n) is 6.38. The minimum absolute atomic E-state index is 0.0509. The molecule has 1 atom stereocenters. The lowest BCUT2D eigenvalue weighted by molar-refractivity contribution is -0.122. The van der Waals surface area contributed by atoms with E-state index in [0.717, 1.165) is 19.0 Å². The fraction of sp³-hybridized carbons (Fsp3) is 0.929. The van der Waals surface area contributed by atoms with Crippen LogP contribution in [-0.4, -0.2) is 25.0 Å². The predicted molar refractivity (Wildman–Crippen MR) is 69.7 cm³/mol. The number of hydrogen-bond acceptors (Lipinski definition) is 2. The zero-order chi connectivity index (χ0) is 12.5. The monoisotopic (exact) mass is 238 g/mol. The molecule has 17 heavy (non-hydrogen) atoms.